The highest BCUT2D eigenvalue weighted by Crippen LogP contribution is 2.30. The Labute approximate surface area is 626 Å². The first-order chi connectivity index (χ1) is 50.6. The molecule has 12 atom stereocenters. The van der Waals surface area contributed by atoms with Crippen LogP contribution >= 0.6 is 0 Å². The summed E-state index contributed by atoms with van der Waals surface area (Å²) in [4.78, 5) is 13.4. The molecule has 0 aromatic heterocycles. The van der Waals surface area contributed by atoms with Crippen molar-refractivity contribution >= 4 is 5.91 Å². The van der Waals surface area contributed by atoms with Crippen molar-refractivity contribution in [3.63, 3.8) is 0 Å². The zero-order valence-electron chi connectivity index (χ0n) is 64.2. The lowest BCUT2D eigenvalue weighted by molar-refractivity contribution is -0.359. The Bertz CT molecular complexity index is 2400. The molecule has 0 saturated carbocycles. The van der Waals surface area contributed by atoms with Gasteiger partial charge >= 0.3 is 0 Å². The van der Waals surface area contributed by atoms with Crippen molar-refractivity contribution < 1.29 is 64.6 Å². The van der Waals surface area contributed by atoms with Gasteiger partial charge in [0.05, 0.1) is 32.0 Å². The molecule has 14 heteroatoms. The van der Waals surface area contributed by atoms with Crippen molar-refractivity contribution in [1.82, 2.24) is 5.32 Å². The summed E-state index contributed by atoms with van der Waals surface area (Å²) >= 11 is 0. The van der Waals surface area contributed by atoms with Crippen LogP contribution in [0.25, 0.3) is 0 Å². The molecule has 12 unspecified atom stereocenters. The van der Waals surface area contributed by atoms with E-state index in [1.54, 1.807) is 6.08 Å². The summed E-state index contributed by atoms with van der Waals surface area (Å²) in [7, 11) is 0. The highest BCUT2D eigenvalue weighted by molar-refractivity contribution is 5.76. The number of aliphatic hydroxyl groups is 8. The molecule has 0 radical (unpaired) electrons. The maximum atomic E-state index is 13.4. The van der Waals surface area contributed by atoms with Gasteiger partial charge in [-0.3, -0.25) is 4.79 Å². The molecule has 0 bridgehead atoms. The zero-order chi connectivity index (χ0) is 74.4. The molecule has 2 rings (SSSR count). The predicted octanol–water partition coefficient (Wildman–Crippen LogP) is 19.1. The number of rotatable bonds is 66. The van der Waals surface area contributed by atoms with Gasteiger partial charge in [-0.05, 0) is 122 Å². The second-order valence-corrected chi connectivity index (χ2v) is 27.8. The Morgan fingerprint density at radius 2 is 0.680 bits per heavy atom. The van der Waals surface area contributed by atoms with E-state index in [4.69, 9.17) is 18.9 Å². The van der Waals surface area contributed by atoms with Crippen molar-refractivity contribution in [3.8, 4) is 0 Å². The third kappa shape index (κ3) is 52.9. The van der Waals surface area contributed by atoms with Gasteiger partial charge in [-0.25, -0.2) is 0 Å². The van der Waals surface area contributed by atoms with E-state index in [2.05, 4.69) is 177 Å². The second kappa shape index (κ2) is 70.3. The lowest BCUT2D eigenvalue weighted by Gasteiger charge is -2.46. The van der Waals surface area contributed by atoms with Gasteiger partial charge in [-0.15, -0.1) is 0 Å². The van der Waals surface area contributed by atoms with Crippen LogP contribution in [0.3, 0.4) is 0 Å². The van der Waals surface area contributed by atoms with Gasteiger partial charge in [0.15, 0.2) is 12.6 Å². The minimum absolute atomic E-state index is 0.233. The van der Waals surface area contributed by atoms with Gasteiger partial charge in [0.25, 0.3) is 0 Å². The van der Waals surface area contributed by atoms with Gasteiger partial charge in [0.2, 0.25) is 5.91 Å². The zero-order valence-corrected chi connectivity index (χ0v) is 64.2. The van der Waals surface area contributed by atoms with E-state index in [0.29, 0.717) is 12.8 Å². The quantitative estimate of drug-likeness (QED) is 0.0204. The lowest BCUT2D eigenvalue weighted by atomic mass is 9.97. The first-order valence-corrected chi connectivity index (χ1v) is 40.9. The smallest absolute Gasteiger partial charge is 0.220 e. The van der Waals surface area contributed by atoms with Gasteiger partial charge in [-0.1, -0.05) is 332 Å². The van der Waals surface area contributed by atoms with Crippen LogP contribution in [-0.4, -0.2) is 140 Å². The summed E-state index contributed by atoms with van der Waals surface area (Å²) in [5.41, 5.74) is 0. The van der Waals surface area contributed by atoms with Crippen molar-refractivity contribution in [2.24, 2.45) is 0 Å². The van der Waals surface area contributed by atoms with Gasteiger partial charge in [0.1, 0.15) is 48.8 Å². The number of carbonyl (C=O) groups is 1. The van der Waals surface area contributed by atoms with Crippen LogP contribution in [0, 0.1) is 0 Å². The molecular weight excluding hydrogens is 1290 g/mol. The van der Waals surface area contributed by atoms with Crippen LogP contribution in [0.4, 0.5) is 0 Å². The monoisotopic (exact) mass is 1440 g/mol. The van der Waals surface area contributed by atoms with Crippen LogP contribution < -0.4 is 5.32 Å². The average Bonchev–Trinajstić information content (AvgIpc) is 0.791. The standard InChI is InChI=1S/C89H147NO13/c1-3-5-7-9-11-13-15-17-19-21-23-25-27-29-31-33-34-35-36-37-38-39-40-41-42-43-44-45-47-49-51-53-55-57-59-61-63-65-67-69-71-73-81(94)90-77(76-100-88-86(99)84(97)87(80(75-92)102-88)103-89-85(98)83(96)82(95)79(74-91)101-89)78(93)72-70-68-66-64-62-60-58-56-54-52-50-48-46-32-30-28-26-24-22-20-18-16-14-12-10-8-6-4-2/h5,7,11,13,17,19,23,25,29,31,34-35,37-38,40-41,43-44,47,49,53,55,59,61-62,64,70,72,77-80,82-89,91-93,95-99H,3-4,6,8-10,12,14-16,18,20-22,24,26-28,30,32-33,36,39,42,45-46,48,50-52,54,56-58,60,63,65-69,71,73-76H2,1-2H3,(H,90,94)/b7-5-,13-11-,19-17-,25-23-,31-29-,35-34-,38-37-,41-40-,44-43-,49-47-,55-53-,61-59-,64-62+,72-70+. The third-order valence-electron chi connectivity index (χ3n) is 18.6. The largest absolute Gasteiger partial charge is 0.394 e. The topological polar surface area (TPSA) is 228 Å². The number of hydrogen-bond donors (Lipinski definition) is 9. The van der Waals surface area contributed by atoms with E-state index >= 15 is 0 Å². The van der Waals surface area contributed by atoms with Crippen LogP contribution in [0.1, 0.15) is 290 Å². The van der Waals surface area contributed by atoms with Gasteiger partial charge in [-0.2, -0.15) is 0 Å². The molecule has 2 aliphatic rings. The molecule has 1 amide bonds. The second-order valence-electron chi connectivity index (χ2n) is 27.8. The molecule has 0 aliphatic carbocycles. The molecule has 0 spiro atoms. The number of allylic oxidation sites excluding steroid dienone is 27. The molecule has 9 N–H and O–H groups in total. The fourth-order valence-electron chi connectivity index (χ4n) is 12.2. The summed E-state index contributed by atoms with van der Waals surface area (Å²) in [6.45, 7) is 2.67. The minimum Gasteiger partial charge on any atom is -0.394 e. The molecule has 586 valence electrons. The Morgan fingerprint density at radius 1 is 0.359 bits per heavy atom. The van der Waals surface area contributed by atoms with Crippen LogP contribution in [0.5, 0.6) is 0 Å². The van der Waals surface area contributed by atoms with Crippen molar-refractivity contribution in [2.75, 3.05) is 19.8 Å². The molecule has 2 aliphatic heterocycles. The molecular formula is C89H147NO13. The summed E-state index contributed by atoms with van der Waals surface area (Å²) in [6.07, 6.45) is 92.9. The summed E-state index contributed by atoms with van der Waals surface area (Å²) in [5, 5.41) is 87.6. The van der Waals surface area contributed by atoms with Crippen LogP contribution in [-0.2, 0) is 23.7 Å². The first kappa shape index (κ1) is 94.4. The molecule has 2 fully saturated rings. The van der Waals surface area contributed by atoms with E-state index in [-0.39, 0.29) is 18.9 Å². The van der Waals surface area contributed by atoms with Gasteiger partial charge < -0.3 is 65.1 Å². The molecule has 2 heterocycles. The fourth-order valence-corrected chi connectivity index (χ4v) is 12.2. The Hall–Kier alpha value is -4.65. The van der Waals surface area contributed by atoms with Crippen LogP contribution in [0.15, 0.2) is 170 Å². The normalized spacial score (nSPS) is 22.5. The maximum absolute atomic E-state index is 13.4. The fraction of sp³-hybridized carbons (Fsp3) is 0.674. The Balaban J connectivity index is 1.66. The molecule has 2 saturated heterocycles. The predicted molar refractivity (Wildman–Crippen MR) is 428 cm³/mol. The highest BCUT2D eigenvalue weighted by Gasteiger charge is 2.51. The van der Waals surface area contributed by atoms with Crippen molar-refractivity contribution in [1.29, 1.82) is 0 Å². The number of carbonyl (C=O) groups excluding carboxylic acids is 1. The van der Waals surface area contributed by atoms with E-state index in [9.17, 15) is 45.6 Å². The maximum Gasteiger partial charge on any atom is 0.220 e. The summed E-state index contributed by atoms with van der Waals surface area (Å²) in [5.74, 6) is -0.278. The molecule has 103 heavy (non-hydrogen) atoms. The Morgan fingerprint density at radius 3 is 1.07 bits per heavy atom. The van der Waals surface area contributed by atoms with Crippen LogP contribution in [0.2, 0.25) is 0 Å². The summed E-state index contributed by atoms with van der Waals surface area (Å²) < 4.78 is 22.9. The van der Waals surface area contributed by atoms with E-state index in [1.807, 2.05) is 6.08 Å². The number of hydrogen-bond acceptors (Lipinski definition) is 13. The minimum atomic E-state index is -1.80. The number of aliphatic hydroxyl groups excluding tert-OH is 8. The highest BCUT2D eigenvalue weighted by atomic mass is 16.7. The van der Waals surface area contributed by atoms with Gasteiger partial charge in [0, 0.05) is 6.42 Å². The SMILES string of the molecule is CC/C=C\C/C=C\C/C=C\C/C=C\C/C=C\C/C=C\C/C=C\C/C=C\C/C=C\C/C=C\C/C=C\C/C=C\CCCCCCC(=O)NC(COC1OC(CO)C(OC2OC(CO)C(O)C(O)C2O)C(O)C1O)C(O)/C=C/CC/C=C/CCCCCCCCCCCCCCCCCCCCCCCC. The number of unbranched alkanes of at least 4 members (excludes halogenated alkanes) is 27. The third-order valence-corrected chi connectivity index (χ3v) is 18.6. The molecule has 14 nitrogen and oxygen atoms in total. The lowest BCUT2D eigenvalue weighted by Crippen LogP contribution is -2.65. The first-order valence-electron chi connectivity index (χ1n) is 40.9. The number of ether oxygens (including phenoxy) is 4. The van der Waals surface area contributed by atoms with E-state index in [0.717, 1.165) is 116 Å². The number of amides is 1. The number of nitrogens with one attached hydrogen (secondary N) is 1. The van der Waals surface area contributed by atoms with Crippen molar-refractivity contribution in [3.05, 3.63) is 170 Å². The Kier molecular flexibility index (Phi) is 64.5. The van der Waals surface area contributed by atoms with E-state index < -0.39 is 86.8 Å². The summed E-state index contributed by atoms with van der Waals surface area (Å²) in [6, 6.07) is -0.961. The molecule has 0 aromatic carbocycles. The van der Waals surface area contributed by atoms with E-state index in [1.165, 1.54) is 141 Å². The molecule has 0 aromatic rings. The van der Waals surface area contributed by atoms with Crippen molar-refractivity contribution in [2.45, 2.75) is 364 Å². The average molecular weight is 1440 g/mol.